The first-order valence-electron chi connectivity index (χ1n) is 8.91. The third-order valence-corrected chi connectivity index (χ3v) is 7.58. The molecular weight excluding hydrogens is 447 g/mol. The van der Waals surface area contributed by atoms with Crippen LogP contribution >= 0.6 is 11.3 Å². The molecule has 4 aromatic heterocycles. The highest BCUT2D eigenvalue weighted by atomic mass is 32.2. The van der Waals surface area contributed by atoms with Gasteiger partial charge in [-0.15, -0.1) is 11.3 Å². The molecule has 2 N–H and O–H groups in total. The van der Waals surface area contributed by atoms with Gasteiger partial charge in [-0.25, -0.2) is 13.8 Å². The Bertz CT molecular complexity index is 1330. The van der Waals surface area contributed by atoms with E-state index in [0.717, 1.165) is 15.3 Å². The van der Waals surface area contributed by atoms with Crippen molar-refractivity contribution >= 4 is 27.5 Å². The van der Waals surface area contributed by atoms with E-state index in [4.69, 9.17) is 9.63 Å². The average Bonchev–Trinajstić information content (AvgIpc) is 3.48. The maximum absolute atomic E-state index is 14.4. The molecule has 0 aliphatic rings. The van der Waals surface area contributed by atoms with Crippen molar-refractivity contribution < 1.29 is 27.2 Å². The number of nitrogens with one attached hydrogen (secondary N) is 1. The molecule has 4 heterocycles. The lowest BCUT2D eigenvalue weighted by atomic mass is 10.1. The van der Waals surface area contributed by atoms with E-state index in [2.05, 4.69) is 15.5 Å². The number of hydrogen-bond acceptors (Lipinski definition) is 7. The van der Waals surface area contributed by atoms with E-state index in [1.54, 1.807) is 12.1 Å². The molecule has 0 radical (unpaired) electrons. The van der Waals surface area contributed by atoms with Gasteiger partial charge in [-0.1, -0.05) is 5.16 Å². The van der Waals surface area contributed by atoms with Crippen LogP contribution in [-0.4, -0.2) is 40.3 Å². The number of carboxylic acid groups (broad SMARTS) is 1. The summed E-state index contributed by atoms with van der Waals surface area (Å²) in [4.78, 5) is 14.9. The number of hydrogen-bond donors (Lipinski definition) is 2. The first-order chi connectivity index (χ1) is 14.9. The molecule has 0 aliphatic heterocycles. The van der Waals surface area contributed by atoms with Gasteiger partial charge in [0.05, 0.1) is 22.3 Å². The molecule has 0 saturated carbocycles. The van der Waals surface area contributed by atoms with Crippen LogP contribution in [0.15, 0.2) is 63.7 Å². The summed E-state index contributed by atoms with van der Waals surface area (Å²) in [6, 6.07) is 9.09. The van der Waals surface area contributed by atoms with Crippen LogP contribution in [0.25, 0.3) is 21.9 Å². The second-order valence-electron chi connectivity index (χ2n) is 6.35. The lowest BCUT2D eigenvalue weighted by Gasteiger charge is -2.09. The fraction of sp³-hybridized carbons (Fsp3) is 0.105. The van der Waals surface area contributed by atoms with Crippen LogP contribution in [0.1, 0.15) is 5.56 Å². The zero-order chi connectivity index (χ0) is 22.0. The highest BCUT2D eigenvalue weighted by molar-refractivity contribution is 7.92. The summed E-state index contributed by atoms with van der Waals surface area (Å²) in [5.41, 5.74) is 0.615. The highest BCUT2D eigenvalue weighted by Crippen LogP contribution is 2.34. The molecule has 0 bridgehead atoms. The van der Waals surface area contributed by atoms with E-state index in [0.29, 0.717) is 16.2 Å². The van der Waals surface area contributed by atoms with Crippen LogP contribution in [0.4, 0.5) is 9.18 Å². The molecule has 12 heteroatoms. The molecule has 31 heavy (non-hydrogen) atoms. The van der Waals surface area contributed by atoms with E-state index in [1.807, 2.05) is 0 Å². The monoisotopic (exact) mass is 462 g/mol. The number of aromatic nitrogens is 3. The topological polar surface area (TPSA) is 127 Å². The minimum Gasteiger partial charge on any atom is -0.465 e. The van der Waals surface area contributed by atoms with Crippen molar-refractivity contribution in [3.63, 3.8) is 0 Å². The first kappa shape index (κ1) is 20.8. The molecular formula is C19H15FN4O5S2. The van der Waals surface area contributed by atoms with Crippen molar-refractivity contribution in [2.75, 3.05) is 6.54 Å². The quantitative estimate of drug-likeness (QED) is 0.403. The molecule has 0 unspecified atom stereocenters. The largest absolute Gasteiger partial charge is 0.465 e. The third kappa shape index (κ3) is 4.20. The number of pyridine rings is 1. The van der Waals surface area contributed by atoms with E-state index in [9.17, 15) is 17.6 Å². The summed E-state index contributed by atoms with van der Waals surface area (Å²) in [6.07, 6.45) is 3.10. The van der Waals surface area contributed by atoms with Crippen LogP contribution in [0.2, 0.25) is 0 Å². The van der Waals surface area contributed by atoms with Gasteiger partial charge in [0.1, 0.15) is 4.21 Å². The Morgan fingerprint density at radius 2 is 2.10 bits per heavy atom. The minimum atomic E-state index is -4.08. The molecule has 0 fully saturated rings. The van der Waals surface area contributed by atoms with Crippen molar-refractivity contribution in [2.45, 2.75) is 10.6 Å². The molecule has 0 atom stereocenters. The molecule has 0 saturated heterocycles. The first-order valence-corrected chi connectivity index (χ1v) is 11.2. The number of rotatable bonds is 7. The molecule has 4 rings (SSSR count). The lowest BCUT2D eigenvalue weighted by molar-refractivity contribution is 0.194. The van der Waals surface area contributed by atoms with Crippen LogP contribution in [0.3, 0.4) is 0 Å². The number of nitrogens with zero attached hydrogens (tertiary/aromatic N) is 3. The van der Waals surface area contributed by atoms with Gasteiger partial charge in [0, 0.05) is 25.0 Å². The summed E-state index contributed by atoms with van der Waals surface area (Å²) in [6.45, 7) is 0.0724. The predicted molar refractivity (Wildman–Crippen MR) is 110 cm³/mol. The van der Waals surface area contributed by atoms with Gasteiger partial charge in [-0.05, 0) is 42.3 Å². The fourth-order valence-electron chi connectivity index (χ4n) is 2.95. The van der Waals surface area contributed by atoms with E-state index >= 15 is 0 Å². The van der Waals surface area contributed by atoms with Gasteiger partial charge in [0.25, 0.3) is 10.0 Å². The molecule has 4 aromatic rings. The zero-order valence-electron chi connectivity index (χ0n) is 15.7. The number of thiophene rings is 1. The normalized spacial score (nSPS) is 11.5. The number of amides is 1. The Morgan fingerprint density at radius 1 is 1.26 bits per heavy atom. The van der Waals surface area contributed by atoms with E-state index in [-0.39, 0.29) is 28.4 Å². The number of carbonyl (C=O) groups is 1. The Balaban J connectivity index is 1.77. The van der Waals surface area contributed by atoms with Gasteiger partial charge in [-0.3, -0.25) is 0 Å². The standard InChI is InChI=1S/C19H15FN4O5S2/c20-18-13(2-1-7-21-18)14-10-12(5-8-22-19(25)26)11-24(14)31(27,28)17-4-3-16(30-17)15-6-9-23-29-15/h1-4,6-7,9-11,22H,5,8H2,(H,25,26). The van der Waals surface area contributed by atoms with Crippen molar-refractivity contribution in [3.8, 4) is 21.9 Å². The van der Waals surface area contributed by atoms with Crippen LogP contribution in [0.5, 0.6) is 0 Å². The van der Waals surface area contributed by atoms with Gasteiger partial charge >= 0.3 is 6.09 Å². The van der Waals surface area contributed by atoms with Crippen LogP contribution in [0, 0.1) is 5.95 Å². The minimum absolute atomic E-state index is 0.00975. The van der Waals surface area contributed by atoms with Crippen molar-refractivity contribution in [1.82, 2.24) is 19.4 Å². The van der Waals surface area contributed by atoms with Gasteiger partial charge < -0.3 is 14.9 Å². The summed E-state index contributed by atoms with van der Waals surface area (Å²) in [5.74, 6) is -0.390. The lowest BCUT2D eigenvalue weighted by Crippen LogP contribution is -2.23. The van der Waals surface area contributed by atoms with Crippen LogP contribution < -0.4 is 5.32 Å². The van der Waals surface area contributed by atoms with E-state index in [1.165, 1.54) is 42.9 Å². The van der Waals surface area contributed by atoms with Crippen molar-refractivity contribution in [3.05, 3.63) is 66.5 Å². The summed E-state index contributed by atoms with van der Waals surface area (Å²) in [5, 5.41) is 14.6. The Hall–Kier alpha value is -3.51. The van der Waals surface area contributed by atoms with Gasteiger partial charge in [0.2, 0.25) is 5.95 Å². The fourth-order valence-corrected chi connectivity index (χ4v) is 5.69. The Kier molecular flexibility index (Phi) is 5.57. The smallest absolute Gasteiger partial charge is 0.404 e. The Morgan fingerprint density at radius 3 is 2.81 bits per heavy atom. The third-order valence-electron chi connectivity index (χ3n) is 4.34. The van der Waals surface area contributed by atoms with Gasteiger partial charge in [0.15, 0.2) is 5.76 Å². The zero-order valence-corrected chi connectivity index (χ0v) is 17.4. The second kappa shape index (κ2) is 8.32. The number of halogens is 1. The Labute approximate surface area is 179 Å². The molecule has 1 amide bonds. The summed E-state index contributed by atoms with van der Waals surface area (Å²) < 4.78 is 47.2. The maximum atomic E-state index is 14.4. The average molecular weight is 462 g/mol. The predicted octanol–water partition coefficient (Wildman–Crippen LogP) is 3.45. The second-order valence-corrected chi connectivity index (χ2v) is 9.48. The van der Waals surface area contributed by atoms with Gasteiger partial charge in [-0.2, -0.15) is 12.8 Å². The van der Waals surface area contributed by atoms with E-state index < -0.39 is 22.1 Å². The van der Waals surface area contributed by atoms with Crippen LogP contribution in [-0.2, 0) is 16.4 Å². The van der Waals surface area contributed by atoms with Crippen molar-refractivity contribution in [2.24, 2.45) is 0 Å². The molecule has 0 aromatic carbocycles. The maximum Gasteiger partial charge on any atom is 0.404 e. The van der Waals surface area contributed by atoms with Crippen molar-refractivity contribution in [1.29, 1.82) is 0 Å². The molecule has 160 valence electrons. The summed E-state index contributed by atoms with van der Waals surface area (Å²) in [7, 11) is -4.08. The molecule has 0 spiro atoms. The SMILES string of the molecule is O=C(O)NCCc1cc(-c2cccnc2F)n(S(=O)(=O)c2ccc(-c3ccno3)s2)c1. The summed E-state index contributed by atoms with van der Waals surface area (Å²) >= 11 is 0.990. The highest BCUT2D eigenvalue weighted by Gasteiger charge is 2.25. The molecule has 9 nitrogen and oxygen atoms in total. The molecule has 0 aliphatic carbocycles.